The van der Waals surface area contributed by atoms with Crippen molar-refractivity contribution in [3.8, 4) is 0 Å². The number of halogens is 1. The normalized spacial score (nSPS) is 58.3. The molecule has 3 saturated carbocycles. The van der Waals surface area contributed by atoms with E-state index < -0.39 is 11.6 Å². The summed E-state index contributed by atoms with van der Waals surface area (Å²) in [6.07, 6.45) is 7.67. The van der Waals surface area contributed by atoms with Crippen LogP contribution in [0.25, 0.3) is 0 Å². The van der Waals surface area contributed by atoms with Crippen LogP contribution < -0.4 is 0 Å². The third kappa shape index (κ3) is 2.27. The Morgan fingerprint density at radius 2 is 1.62 bits per heavy atom. The molecule has 3 unspecified atom stereocenters. The van der Waals surface area contributed by atoms with Crippen molar-refractivity contribution in [1.29, 1.82) is 0 Å². The van der Waals surface area contributed by atoms with E-state index in [1.807, 2.05) is 0 Å². The van der Waals surface area contributed by atoms with Crippen LogP contribution in [0.4, 0.5) is 0 Å². The number of ether oxygens (including phenoxy) is 3. The van der Waals surface area contributed by atoms with Gasteiger partial charge in [0.25, 0.3) is 5.97 Å². The average Bonchev–Trinajstić information content (AvgIpc) is 3.13. The predicted molar refractivity (Wildman–Crippen MR) is 102 cm³/mol. The van der Waals surface area contributed by atoms with Gasteiger partial charge in [-0.15, -0.1) is 0 Å². The van der Waals surface area contributed by atoms with Crippen molar-refractivity contribution >= 4 is 15.9 Å². The second-order valence-corrected chi connectivity index (χ2v) is 11.5. The summed E-state index contributed by atoms with van der Waals surface area (Å²) >= 11 is 4.00. The molecule has 5 aliphatic rings. The summed E-state index contributed by atoms with van der Waals surface area (Å²) in [6, 6.07) is 0. The molecule has 0 amide bonds. The molecule has 2 saturated heterocycles. The molecule has 0 aromatic carbocycles. The van der Waals surface area contributed by atoms with Crippen LogP contribution in [-0.2, 0) is 14.2 Å². The maximum atomic E-state index is 11.1. The van der Waals surface area contributed by atoms with Crippen molar-refractivity contribution in [3.63, 3.8) is 0 Å². The Morgan fingerprint density at radius 1 is 0.923 bits per heavy atom. The van der Waals surface area contributed by atoms with Gasteiger partial charge in [0.05, 0.1) is 24.9 Å². The van der Waals surface area contributed by atoms with Crippen LogP contribution in [-0.4, -0.2) is 40.8 Å². The minimum absolute atomic E-state index is 0.0680. The first kappa shape index (κ1) is 18.4. The van der Waals surface area contributed by atoms with E-state index in [1.165, 1.54) is 12.8 Å². The monoisotopic (exact) mass is 428 g/mol. The van der Waals surface area contributed by atoms with Gasteiger partial charge in [0.15, 0.2) is 0 Å². The summed E-state index contributed by atoms with van der Waals surface area (Å²) in [5.41, 5.74) is -0.285. The van der Waals surface area contributed by atoms with Crippen LogP contribution in [0.5, 0.6) is 0 Å². The van der Waals surface area contributed by atoms with Gasteiger partial charge in [-0.25, -0.2) is 0 Å². The standard InChI is InChI=1S/C21H33BrO4/c1-18-8-9-21(24-10-11-25-21)26-17(18)16(22)12-13-14(18)4-6-19(2)15(13)5-7-20(19,3)23/h13-17,23H,4-12H2,1-3H3/t13?,14?,15?,16-,17+,18+,19-,20-/m0/s1. The van der Waals surface area contributed by atoms with Crippen LogP contribution in [0.2, 0.25) is 0 Å². The topological polar surface area (TPSA) is 47.9 Å². The van der Waals surface area contributed by atoms with Crippen molar-refractivity contribution < 1.29 is 19.3 Å². The van der Waals surface area contributed by atoms with Gasteiger partial charge in [-0.1, -0.05) is 29.8 Å². The van der Waals surface area contributed by atoms with E-state index in [0.717, 1.165) is 32.1 Å². The highest BCUT2D eigenvalue weighted by molar-refractivity contribution is 9.09. The molecule has 3 aliphatic carbocycles. The third-order valence-corrected chi connectivity index (χ3v) is 10.2. The molecule has 148 valence electrons. The smallest absolute Gasteiger partial charge is 0.283 e. The van der Waals surface area contributed by atoms with Crippen molar-refractivity contribution in [1.82, 2.24) is 0 Å². The molecule has 1 spiro atoms. The van der Waals surface area contributed by atoms with E-state index in [0.29, 0.717) is 35.8 Å². The highest BCUT2D eigenvalue weighted by atomic mass is 79.9. The van der Waals surface area contributed by atoms with E-state index in [2.05, 4.69) is 36.7 Å². The van der Waals surface area contributed by atoms with E-state index >= 15 is 0 Å². The molecule has 0 bridgehead atoms. The fraction of sp³-hybridized carbons (Fsp3) is 1.00. The minimum atomic E-state index is -0.788. The van der Waals surface area contributed by atoms with Crippen LogP contribution in [0.3, 0.4) is 0 Å². The largest absolute Gasteiger partial charge is 0.390 e. The lowest BCUT2D eigenvalue weighted by atomic mass is 9.47. The van der Waals surface area contributed by atoms with Crippen LogP contribution >= 0.6 is 15.9 Å². The molecule has 0 aromatic heterocycles. The van der Waals surface area contributed by atoms with Gasteiger partial charge in [0, 0.05) is 11.2 Å². The third-order valence-electron chi connectivity index (χ3n) is 9.33. The first-order valence-corrected chi connectivity index (χ1v) is 11.4. The zero-order valence-electron chi connectivity index (χ0n) is 16.3. The lowest BCUT2D eigenvalue weighted by molar-refractivity contribution is -0.393. The van der Waals surface area contributed by atoms with E-state index in [4.69, 9.17) is 14.2 Å². The summed E-state index contributed by atoms with van der Waals surface area (Å²) in [5.74, 6) is 1.19. The Morgan fingerprint density at radius 3 is 2.35 bits per heavy atom. The number of hydrogen-bond donors (Lipinski definition) is 1. The number of fused-ring (bicyclic) bond motifs is 5. The van der Waals surface area contributed by atoms with Crippen molar-refractivity contribution in [2.75, 3.05) is 13.2 Å². The van der Waals surface area contributed by atoms with Gasteiger partial charge in [-0.05, 0) is 74.0 Å². The first-order chi connectivity index (χ1) is 12.2. The number of aliphatic hydroxyl groups is 1. The molecule has 26 heavy (non-hydrogen) atoms. The maximum absolute atomic E-state index is 11.1. The molecule has 0 radical (unpaired) electrons. The second-order valence-electron chi connectivity index (χ2n) is 10.3. The first-order valence-electron chi connectivity index (χ1n) is 10.5. The lowest BCUT2D eigenvalue weighted by Crippen LogP contribution is -2.63. The Bertz CT molecular complexity index is 589. The molecule has 2 aliphatic heterocycles. The Labute approximate surface area is 165 Å². The van der Waals surface area contributed by atoms with Crippen molar-refractivity contribution in [2.24, 2.45) is 28.6 Å². The van der Waals surface area contributed by atoms with Crippen LogP contribution in [0.15, 0.2) is 0 Å². The number of hydrogen-bond acceptors (Lipinski definition) is 4. The molecule has 1 N–H and O–H groups in total. The molecular weight excluding hydrogens is 396 g/mol. The Hall–Kier alpha value is 0.320. The Balaban J connectivity index is 1.45. The van der Waals surface area contributed by atoms with Crippen LogP contribution in [0.1, 0.15) is 65.7 Å². The fourth-order valence-corrected chi connectivity index (χ4v) is 8.69. The van der Waals surface area contributed by atoms with E-state index in [1.54, 1.807) is 0 Å². The van der Waals surface area contributed by atoms with E-state index in [9.17, 15) is 5.11 Å². The van der Waals surface area contributed by atoms with Crippen molar-refractivity contribution in [2.45, 2.75) is 88.2 Å². The van der Waals surface area contributed by atoms with E-state index in [-0.39, 0.29) is 16.9 Å². The molecule has 8 atom stereocenters. The highest BCUT2D eigenvalue weighted by Crippen LogP contribution is 2.68. The summed E-state index contributed by atoms with van der Waals surface area (Å²) < 4.78 is 18.3. The fourth-order valence-electron chi connectivity index (χ4n) is 7.55. The van der Waals surface area contributed by atoms with Gasteiger partial charge in [-0.3, -0.25) is 0 Å². The Kier molecular flexibility index (Phi) is 4.01. The lowest BCUT2D eigenvalue weighted by Gasteiger charge is -2.63. The SMILES string of the molecule is C[C@]1(O)CCC2C3C[C@H](Br)[C@H]4OC5(CC[C@]4(C)C3CC[C@@]21C)OCCO5. The quantitative estimate of drug-likeness (QED) is 0.586. The van der Waals surface area contributed by atoms with Crippen molar-refractivity contribution in [3.05, 3.63) is 0 Å². The zero-order valence-corrected chi connectivity index (χ0v) is 17.9. The average molecular weight is 429 g/mol. The number of alkyl halides is 1. The predicted octanol–water partition coefficient (Wildman–Crippen LogP) is 4.23. The molecule has 5 heteroatoms. The number of rotatable bonds is 0. The van der Waals surface area contributed by atoms with Crippen LogP contribution in [0, 0.1) is 28.6 Å². The zero-order chi connectivity index (χ0) is 18.4. The summed E-state index contributed by atoms with van der Waals surface area (Å²) in [6.45, 7) is 8.15. The highest BCUT2D eigenvalue weighted by Gasteiger charge is 2.66. The van der Waals surface area contributed by atoms with Gasteiger partial charge in [-0.2, -0.15) is 0 Å². The molecule has 2 heterocycles. The molecule has 4 nitrogen and oxygen atoms in total. The second kappa shape index (κ2) is 5.69. The molecular formula is C21H33BrO4. The van der Waals surface area contributed by atoms with Gasteiger partial charge < -0.3 is 19.3 Å². The minimum Gasteiger partial charge on any atom is -0.390 e. The molecule has 5 rings (SSSR count). The van der Waals surface area contributed by atoms with Gasteiger partial charge in [0.1, 0.15) is 0 Å². The molecule has 0 aromatic rings. The summed E-state index contributed by atoms with van der Waals surface area (Å²) in [7, 11) is 0. The summed E-state index contributed by atoms with van der Waals surface area (Å²) in [5, 5.41) is 11.1. The van der Waals surface area contributed by atoms with Gasteiger partial charge >= 0.3 is 0 Å². The maximum Gasteiger partial charge on any atom is 0.283 e. The summed E-state index contributed by atoms with van der Waals surface area (Å²) in [4.78, 5) is 0.326. The van der Waals surface area contributed by atoms with Gasteiger partial charge in [0.2, 0.25) is 0 Å². The molecule has 5 fully saturated rings.